The van der Waals surface area contributed by atoms with E-state index in [0.29, 0.717) is 12.2 Å². The smallest absolute Gasteiger partial charge is 0.319 e. The number of anilines is 1. The summed E-state index contributed by atoms with van der Waals surface area (Å²) in [7, 11) is 1.60. The van der Waals surface area contributed by atoms with E-state index in [4.69, 9.17) is 4.74 Å². The normalized spacial score (nSPS) is 17.3. The first-order chi connectivity index (χ1) is 11.5. The molecule has 2 amide bonds. The number of methoxy groups -OCH3 is 1. The molecular formula is C17H26BrN3O3. The van der Waals surface area contributed by atoms with Crippen LogP contribution in [0.5, 0.6) is 5.75 Å². The molecule has 1 fully saturated rings. The SMILES string of the molecule is CC[C@H](O)CN1CCC(NC(=O)Nc2ccc(OC)cc2Br)CC1. The second-order valence-corrected chi connectivity index (χ2v) is 6.94. The Balaban J connectivity index is 1.77. The summed E-state index contributed by atoms with van der Waals surface area (Å²) in [5.41, 5.74) is 0.705. The van der Waals surface area contributed by atoms with Crippen LogP contribution in [0.15, 0.2) is 22.7 Å². The van der Waals surface area contributed by atoms with Crippen LogP contribution in [0.1, 0.15) is 26.2 Å². The Hall–Kier alpha value is -1.31. The Morgan fingerprint density at radius 3 is 2.75 bits per heavy atom. The van der Waals surface area contributed by atoms with Crippen LogP contribution in [0.25, 0.3) is 0 Å². The fourth-order valence-corrected chi connectivity index (χ4v) is 3.21. The number of carbonyl (C=O) groups excluding carboxylic acids is 1. The second-order valence-electron chi connectivity index (χ2n) is 6.08. The van der Waals surface area contributed by atoms with Gasteiger partial charge in [0.2, 0.25) is 0 Å². The highest BCUT2D eigenvalue weighted by atomic mass is 79.9. The minimum Gasteiger partial charge on any atom is -0.497 e. The number of nitrogens with zero attached hydrogens (tertiary/aromatic N) is 1. The minimum absolute atomic E-state index is 0.164. The number of hydrogen-bond donors (Lipinski definition) is 3. The molecule has 134 valence electrons. The third-order valence-electron chi connectivity index (χ3n) is 4.29. The first kappa shape index (κ1) is 19.0. The number of carbonyl (C=O) groups is 1. The first-order valence-corrected chi connectivity index (χ1v) is 9.12. The number of aliphatic hydroxyl groups is 1. The van der Waals surface area contributed by atoms with Gasteiger partial charge in [0.15, 0.2) is 0 Å². The van der Waals surface area contributed by atoms with Crippen molar-refractivity contribution < 1.29 is 14.6 Å². The zero-order valence-corrected chi connectivity index (χ0v) is 15.8. The van der Waals surface area contributed by atoms with Crippen LogP contribution in [0.2, 0.25) is 0 Å². The third kappa shape index (κ3) is 5.65. The number of urea groups is 1. The molecule has 1 aliphatic heterocycles. The zero-order valence-electron chi connectivity index (χ0n) is 14.2. The largest absolute Gasteiger partial charge is 0.497 e. The van der Waals surface area contributed by atoms with Crippen molar-refractivity contribution in [3.8, 4) is 5.75 Å². The standard InChI is InChI=1S/C17H26BrN3O3/c1-3-13(22)11-21-8-6-12(7-9-21)19-17(23)20-16-5-4-14(24-2)10-15(16)18/h4-5,10,12-13,22H,3,6-9,11H2,1-2H3,(H2,19,20,23)/t13-/m0/s1. The number of halogens is 1. The van der Waals surface area contributed by atoms with Gasteiger partial charge in [-0.3, -0.25) is 0 Å². The molecule has 0 radical (unpaired) electrons. The van der Waals surface area contributed by atoms with Gasteiger partial charge in [-0.05, 0) is 53.4 Å². The predicted molar refractivity (Wildman–Crippen MR) is 98.6 cm³/mol. The summed E-state index contributed by atoms with van der Waals surface area (Å²) in [5, 5.41) is 15.6. The maximum atomic E-state index is 12.2. The van der Waals surface area contributed by atoms with Crippen molar-refractivity contribution in [3.05, 3.63) is 22.7 Å². The number of benzene rings is 1. The topological polar surface area (TPSA) is 73.8 Å². The lowest BCUT2D eigenvalue weighted by Crippen LogP contribution is -2.47. The van der Waals surface area contributed by atoms with E-state index in [0.717, 1.165) is 42.6 Å². The molecule has 0 unspecified atom stereocenters. The average Bonchev–Trinajstić information content (AvgIpc) is 2.58. The number of piperidine rings is 1. The second kappa shape index (κ2) is 9.25. The summed E-state index contributed by atoms with van der Waals surface area (Å²) < 4.78 is 5.92. The van der Waals surface area contributed by atoms with Crippen molar-refractivity contribution in [1.29, 1.82) is 0 Å². The molecule has 1 aliphatic rings. The summed E-state index contributed by atoms with van der Waals surface area (Å²) in [6.07, 6.45) is 2.31. The van der Waals surface area contributed by atoms with Crippen molar-refractivity contribution in [2.24, 2.45) is 0 Å². The van der Waals surface area contributed by atoms with Gasteiger partial charge < -0.3 is 25.4 Å². The Morgan fingerprint density at radius 1 is 1.46 bits per heavy atom. The number of likely N-dealkylation sites (tertiary alicyclic amines) is 1. The van der Waals surface area contributed by atoms with E-state index in [1.807, 2.05) is 13.0 Å². The molecule has 1 atom stereocenters. The highest BCUT2D eigenvalue weighted by Gasteiger charge is 2.22. The molecule has 7 heteroatoms. The van der Waals surface area contributed by atoms with Gasteiger partial charge in [0.1, 0.15) is 5.75 Å². The Bertz CT molecular complexity index is 548. The maximum absolute atomic E-state index is 12.2. The quantitative estimate of drug-likeness (QED) is 0.687. The summed E-state index contributed by atoms with van der Waals surface area (Å²) in [4.78, 5) is 14.4. The zero-order chi connectivity index (χ0) is 17.5. The average molecular weight is 400 g/mol. The van der Waals surface area contributed by atoms with Gasteiger partial charge in [0.05, 0.1) is 18.9 Å². The van der Waals surface area contributed by atoms with E-state index < -0.39 is 0 Å². The van der Waals surface area contributed by atoms with Crippen molar-refractivity contribution in [1.82, 2.24) is 10.2 Å². The van der Waals surface area contributed by atoms with E-state index in [2.05, 4.69) is 31.5 Å². The molecule has 0 bridgehead atoms. The number of nitrogens with one attached hydrogen (secondary N) is 2. The molecular weight excluding hydrogens is 374 g/mol. The highest BCUT2D eigenvalue weighted by molar-refractivity contribution is 9.10. The minimum atomic E-state index is -0.259. The molecule has 2 rings (SSSR count). The van der Waals surface area contributed by atoms with Crippen LogP contribution in [-0.2, 0) is 0 Å². The van der Waals surface area contributed by atoms with E-state index in [1.165, 1.54) is 0 Å². The van der Waals surface area contributed by atoms with Crippen molar-refractivity contribution >= 4 is 27.6 Å². The number of rotatable bonds is 6. The van der Waals surface area contributed by atoms with Crippen LogP contribution in [-0.4, -0.2) is 54.9 Å². The Morgan fingerprint density at radius 2 is 2.17 bits per heavy atom. The van der Waals surface area contributed by atoms with Gasteiger partial charge in [0, 0.05) is 30.1 Å². The molecule has 1 saturated heterocycles. The van der Waals surface area contributed by atoms with Crippen LogP contribution >= 0.6 is 15.9 Å². The van der Waals surface area contributed by atoms with Gasteiger partial charge >= 0.3 is 6.03 Å². The monoisotopic (exact) mass is 399 g/mol. The predicted octanol–water partition coefficient (Wildman–Crippen LogP) is 2.81. The molecule has 1 aromatic carbocycles. The van der Waals surface area contributed by atoms with Crippen LogP contribution < -0.4 is 15.4 Å². The van der Waals surface area contributed by atoms with Crippen molar-refractivity contribution in [2.45, 2.75) is 38.3 Å². The molecule has 3 N–H and O–H groups in total. The molecule has 0 spiro atoms. The lowest BCUT2D eigenvalue weighted by Gasteiger charge is -2.33. The van der Waals surface area contributed by atoms with E-state index in [1.54, 1.807) is 19.2 Å². The van der Waals surface area contributed by atoms with Crippen LogP contribution in [0.4, 0.5) is 10.5 Å². The molecule has 24 heavy (non-hydrogen) atoms. The highest BCUT2D eigenvalue weighted by Crippen LogP contribution is 2.27. The molecule has 0 aliphatic carbocycles. The van der Waals surface area contributed by atoms with Gasteiger partial charge in [-0.15, -0.1) is 0 Å². The molecule has 0 aromatic heterocycles. The third-order valence-corrected chi connectivity index (χ3v) is 4.94. The number of hydrogen-bond acceptors (Lipinski definition) is 4. The molecule has 1 aromatic rings. The number of amides is 2. The van der Waals surface area contributed by atoms with Crippen molar-refractivity contribution in [2.75, 3.05) is 32.1 Å². The lowest BCUT2D eigenvalue weighted by molar-refractivity contribution is 0.0925. The van der Waals surface area contributed by atoms with Gasteiger partial charge in [-0.1, -0.05) is 6.92 Å². The first-order valence-electron chi connectivity index (χ1n) is 8.33. The lowest BCUT2D eigenvalue weighted by atomic mass is 10.0. The summed E-state index contributed by atoms with van der Waals surface area (Å²) in [6, 6.07) is 5.38. The van der Waals surface area contributed by atoms with E-state index >= 15 is 0 Å². The van der Waals surface area contributed by atoms with Crippen LogP contribution in [0.3, 0.4) is 0 Å². The molecule has 6 nitrogen and oxygen atoms in total. The Labute approximate surface area is 151 Å². The fraction of sp³-hybridized carbons (Fsp3) is 0.588. The van der Waals surface area contributed by atoms with Gasteiger partial charge in [-0.25, -0.2) is 4.79 Å². The molecule has 1 heterocycles. The summed E-state index contributed by atoms with van der Waals surface area (Å²) in [5.74, 6) is 0.731. The van der Waals surface area contributed by atoms with E-state index in [-0.39, 0.29) is 18.2 Å². The van der Waals surface area contributed by atoms with Crippen molar-refractivity contribution in [3.63, 3.8) is 0 Å². The van der Waals surface area contributed by atoms with Crippen LogP contribution in [0, 0.1) is 0 Å². The van der Waals surface area contributed by atoms with Gasteiger partial charge in [-0.2, -0.15) is 0 Å². The Kier molecular flexibility index (Phi) is 7.33. The number of aliphatic hydroxyl groups excluding tert-OH is 1. The maximum Gasteiger partial charge on any atom is 0.319 e. The van der Waals surface area contributed by atoms with E-state index in [9.17, 15) is 9.90 Å². The molecule has 0 saturated carbocycles. The number of ether oxygens (including phenoxy) is 1. The summed E-state index contributed by atoms with van der Waals surface area (Å²) in [6.45, 7) is 4.50. The summed E-state index contributed by atoms with van der Waals surface area (Å²) >= 11 is 3.43. The number of β-amino-alcohol motifs (C(OH)–C–C–N with tert-alkyl or cyclic N) is 1. The van der Waals surface area contributed by atoms with Gasteiger partial charge in [0.25, 0.3) is 0 Å². The fourth-order valence-electron chi connectivity index (χ4n) is 2.75.